The van der Waals surface area contributed by atoms with E-state index in [1.165, 1.54) is 42.6 Å². The van der Waals surface area contributed by atoms with Crippen molar-refractivity contribution < 1.29 is 0 Å². The van der Waals surface area contributed by atoms with Crippen LogP contribution in [0.2, 0.25) is 0 Å². The maximum atomic E-state index is 4.84. The molecule has 2 saturated carbocycles. The number of nitrogens with one attached hydrogen (secondary N) is 1. The molecule has 0 amide bonds. The topological polar surface area (TPSA) is 37.8 Å². The second-order valence-corrected chi connectivity index (χ2v) is 5.98. The maximum Gasteiger partial charge on any atom is 0.132 e. The van der Waals surface area contributed by atoms with Gasteiger partial charge in [0, 0.05) is 30.3 Å². The third-order valence-corrected chi connectivity index (χ3v) is 4.98. The molecule has 0 saturated heterocycles. The van der Waals surface area contributed by atoms with E-state index in [1.807, 2.05) is 0 Å². The summed E-state index contributed by atoms with van der Waals surface area (Å²) in [7, 11) is 0. The summed E-state index contributed by atoms with van der Waals surface area (Å²) in [6.45, 7) is 4.04. The molecule has 1 aromatic rings. The molecule has 3 unspecified atom stereocenters. The van der Waals surface area contributed by atoms with Crippen LogP contribution in [0, 0.1) is 18.8 Å². The minimum atomic E-state index is 0.665. The van der Waals surface area contributed by atoms with Gasteiger partial charge in [-0.05, 0) is 38.0 Å². The summed E-state index contributed by atoms with van der Waals surface area (Å²) < 4.78 is 0. The molecule has 0 spiro atoms. The van der Waals surface area contributed by atoms with E-state index in [2.05, 4.69) is 12.2 Å². The van der Waals surface area contributed by atoms with Crippen LogP contribution in [-0.4, -0.2) is 9.97 Å². The number of aromatic nitrogens is 2. The van der Waals surface area contributed by atoms with Gasteiger partial charge in [-0.3, -0.25) is 0 Å². The number of nitrogens with zero attached hydrogens (tertiary/aromatic N) is 2. The van der Waals surface area contributed by atoms with E-state index in [-0.39, 0.29) is 0 Å². The Morgan fingerprint density at radius 3 is 2.82 bits per heavy atom. The van der Waals surface area contributed by atoms with Crippen LogP contribution in [0.3, 0.4) is 0 Å². The monoisotopic (exact) mass is 229 g/mol. The summed E-state index contributed by atoms with van der Waals surface area (Å²) in [5.41, 5.74) is 3.81. The predicted octanol–water partition coefficient (Wildman–Crippen LogP) is 2.29. The van der Waals surface area contributed by atoms with Crippen molar-refractivity contribution in [3.63, 3.8) is 0 Å². The largest absolute Gasteiger partial charge is 0.307 e. The van der Waals surface area contributed by atoms with Gasteiger partial charge in [0.15, 0.2) is 0 Å². The van der Waals surface area contributed by atoms with Crippen LogP contribution in [0.5, 0.6) is 0 Å². The fraction of sp³-hybridized carbons (Fsp3) is 0.714. The van der Waals surface area contributed by atoms with E-state index in [9.17, 15) is 0 Å². The van der Waals surface area contributed by atoms with Crippen molar-refractivity contribution >= 4 is 0 Å². The number of hydrogen-bond donors (Lipinski definition) is 1. The zero-order valence-corrected chi connectivity index (χ0v) is 10.4. The zero-order valence-electron chi connectivity index (χ0n) is 10.4. The van der Waals surface area contributed by atoms with Crippen molar-refractivity contribution in [1.82, 2.24) is 15.3 Å². The second-order valence-electron chi connectivity index (χ2n) is 5.98. The average molecular weight is 229 g/mol. The number of rotatable bonds is 1. The highest BCUT2D eigenvalue weighted by Gasteiger charge is 2.41. The van der Waals surface area contributed by atoms with Gasteiger partial charge in [-0.15, -0.1) is 0 Å². The van der Waals surface area contributed by atoms with Gasteiger partial charge in [-0.1, -0.05) is 6.42 Å². The first kappa shape index (κ1) is 10.0. The molecule has 2 heterocycles. The van der Waals surface area contributed by atoms with E-state index < -0.39 is 0 Å². The number of fused-ring (bicyclic) bond motifs is 3. The first-order chi connectivity index (χ1) is 8.31. The Hall–Kier alpha value is -0.960. The highest BCUT2D eigenvalue weighted by molar-refractivity contribution is 5.29. The maximum absolute atomic E-state index is 4.84. The Morgan fingerprint density at radius 1 is 1.12 bits per heavy atom. The van der Waals surface area contributed by atoms with E-state index in [4.69, 9.17) is 9.97 Å². The van der Waals surface area contributed by atoms with Gasteiger partial charge < -0.3 is 5.32 Å². The van der Waals surface area contributed by atoms with Crippen LogP contribution in [0.15, 0.2) is 0 Å². The average Bonchev–Trinajstić information content (AvgIpc) is 3.04. The van der Waals surface area contributed by atoms with Crippen LogP contribution < -0.4 is 5.32 Å². The molecular weight excluding hydrogens is 210 g/mol. The smallest absolute Gasteiger partial charge is 0.132 e. The molecule has 3 heteroatoms. The van der Waals surface area contributed by atoms with E-state index in [0.717, 1.165) is 30.7 Å². The van der Waals surface area contributed by atoms with Crippen molar-refractivity contribution in [2.24, 2.45) is 11.8 Å². The molecule has 3 aliphatic rings. The lowest BCUT2D eigenvalue weighted by Crippen LogP contribution is -2.14. The van der Waals surface area contributed by atoms with E-state index >= 15 is 0 Å². The van der Waals surface area contributed by atoms with Crippen LogP contribution in [-0.2, 0) is 13.1 Å². The standard InChI is InChI=1S/C14H19N3/c1-8-12-6-15-7-13(12)17-14(16-8)11-5-9-2-3-10(11)4-9/h9-11,15H,2-7H2,1H3. The minimum absolute atomic E-state index is 0.665. The molecule has 3 nitrogen and oxygen atoms in total. The summed E-state index contributed by atoms with van der Waals surface area (Å²) in [5, 5.41) is 3.38. The summed E-state index contributed by atoms with van der Waals surface area (Å²) in [5.74, 6) is 3.67. The van der Waals surface area contributed by atoms with E-state index in [0.29, 0.717) is 5.92 Å². The molecule has 90 valence electrons. The van der Waals surface area contributed by atoms with Gasteiger partial charge in [-0.2, -0.15) is 0 Å². The Bertz CT molecular complexity index is 469. The molecule has 17 heavy (non-hydrogen) atoms. The minimum Gasteiger partial charge on any atom is -0.307 e. The molecule has 2 fully saturated rings. The predicted molar refractivity (Wildman–Crippen MR) is 65.5 cm³/mol. The molecule has 0 aromatic carbocycles. The molecular formula is C14H19N3. The van der Waals surface area contributed by atoms with Crippen LogP contribution in [0.4, 0.5) is 0 Å². The van der Waals surface area contributed by atoms with Crippen LogP contribution in [0.1, 0.15) is 54.4 Å². The third kappa shape index (κ3) is 1.45. The van der Waals surface area contributed by atoms with Gasteiger partial charge in [-0.25, -0.2) is 9.97 Å². The van der Waals surface area contributed by atoms with Gasteiger partial charge >= 0.3 is 0 Å². The summed E-state index contributed by atoms with van der Waals surface area (Å²) >= 11 is 0. The van der Waals surface area contributed by atoms with Crippen LogP contribution >= 0.6 is 0 Å². The third-order valence-electron chi connectivity index (χ3n) is 4.98. The molecule has 2 bridgehead atoms. The lowest BCUT2D eigenvalue weighted by atomic mass is 9.88. The summed E-state index contributed by atoms with van der Waals surface area (Å²) in [4.78, 5) is 9.64. The van der Waals surface area contributed by atoms with Crippen molar-refractivity contribution in [2.45, 2.75) is 51.6 Å². The number of aryl methyl sites for hydroxylation is 1. The normalized spacial score (nSPS) is 34.3. The second kappa shape index (κ2) is 3.52. The summed E-state index contributed by atoms with van der Waals surface area (Å²) in [6, 6.07) is 0. The SMILES string of the molecule is Cc1nc(C2CC3CCC2C3)nc2c1CNC2. The van der Waals surface area contributed by atoms with Gasteiger partial charge in [0.05, 0.1) is 5.69 Å². The quantitative estimate of drug-likeness (QED) is 0.803. The lowest BCUT2D eigenvalue weighted by Gasteiger charge is -2.21. The lowest BCUT2D eigenvalue weighted by molar-refractivity contribution is 0.404. The molecule has 1 aromatic heterocycles. The Balaban J connectivity index is 1.73. The fourth-order valence-electron chi connectivity index (χ4n) is 4.09. The Labute approximate surface area is 102 Å². The molecule has 2 aliphatic carbocycles. The van der Waals surface area contributed by atoms with E-state index in [1.54, 1.807) is 0 Å². The highest BCUT2D eigenvalue weighted by Crippen LogP contribution is 2.52. The van der Waals surface area contributed by atoms with Crippen molar-refractivity contribution in [3.8, 4) is 0 Å². The Kier molecular flexibility index (Phi) is 2.07. The molecule has 1 aliphatic heterocycles. The first-order valence-corrected chi connectivity index (χ1v) is 6.88. The zero-order chi connectivity index (χ0) is 11.4. The first-order valence-electron chi connectivity index (χ1n) is 6.88. The highest BCUT2D eigenvalue weighted by atomic mass is 15.0. The Morgan fingerprint density at radius 2 is 2.06 bits per heavy atom. The molecule has 0 radical (unpaired) electrons. The fourth-order valence-corrected chi connectivity index (χ4v) is 4.09. The molecule has 1 N–H and O–H groups in total. The number of hydrogen-bond acceptors (Lipinski definition) is 3. The molecule has 4 rings (SSSR count). The van der Waals surface area contributed by atoms with Crippen molar-refractivity contribution in [1.29, 1.82) is 0 Å². The van der Waals surface area contributed by atoms with Gasteiger partial charge in [0.2, 0.25) is 0 Å². The van der Waals surface area contributed by atoms with Gasteiger partial charge in [0.25, 0.3) is 0 Å². The van der Waals surface area contributed by atoms with Crippen molar-refractivity contribution in [3.05, 3.63) is 22.8 Å². The van der Waals surface area contributed by atoms with Gasteiger partial charge in [0.1, 0.15) is 5.82 Å². The van der Waals surface area contributed by atoms with Crippen molar-refractivity contribution in [2.75, 3.05) is 0 Å². The molecule has 3 atom stereocenters. The van der Waals surface area contributed by atoms with Crippen LogP contribution in [0.25, 0.3) is 0 Å². The summed E-state index contributed by atoms with van der Waals surface area (Å²) in [6.07, 6.45) is 5.64.